The Kier molecular flexibility index (Phi) is 7.19. The second kappa shape index (κ2) is 10.1. The van der Waals surface area contributed by atoms with E-state index >= 15 is 8.78 Å². The molecule has 0 spiro atoms. The molecular weight excluding hydrogens is 517 g/mol. The number of carbonyl (C=O) groups is 2. The molecule has 2 aliphatic heterocycles. The molecule has 9 nitrogen and oxygen atoms in total. The molecule has 1 unspecified atom stereocenters. The number of carbonyl (C=O) groups excluding carboxylic acids is 1. The molecule has 1 saturated heterocycles. The van der Waals surface area contributed by atoms with Crippen LogP contribution < -0.4 is 15.8 Å². The van der Waals surface area contributed by atoms with Gasteiger partial charge in [-0.05, 0) is 19.5 Å². The van der Waals surface area contributed by atoms with Gasteiger partial charge in [-0.25, -0.2) is 13.6 Å². The molecule has 0 radical (unpaired) electrons. The Morgan fingerprint density at radius 1 is 1.18 bits per heavy atom. The molecule has 0 aliphatic carbocycles. The van der Waals surface area contributed by atoms with E-state index in [9.17, 15) is 32.7 Å². The minimum Gasteiger partial charge on any atom is -0.465 e. The molecule has 0 saturated carbocycles. The van der Waals surface area contributed by atoms with Gasteiger partial charge < -0.3 is 30.1 Å². The van der Waals surface area contributed by atoms with Crippen LogP contribution in [0.25, 0.3) is 5.57 Å². The highest BCUT2D eigenvalue weighted by Gasteiger charge is 2.37. The Morgan fingerprint density at radius 3 is 2.50 bits per heavy atom. The minimum atomic E-state index is -5.06. The third-order valence-electron chi connectivity index (χ3n) is 6.72. The third kappa shape index (κ3) is 5.21. The van der Waals surface area contributed by atoms with Crippen LogP contribution in [0.3, 0.4) is 0 Å². The highest BCUT2D eigenvalue weighted by atomic mass is 19.4. The largest absolute Gasteiger partial charge is 0.465 e. The Balaban J connectivity index is 1.81. The number of H-pyrrole nitrogens is 1. The van der Waals surface area contributed by atoms with E-state index in [2.05, 4.69) is 5.32 Å². The molecule has 3 heterocycles. The lowest BCUT2D eigenvalue weighted by molar-refractivity contribution is -0.138. The molecule has 1 aromatic heterocycles. The number of halogens is 5. The van der Waals surface area contributed by atoms with Crippen molar-refractivity contribution in [2.75, 3.05) is 50.0 Å². The van der Waals surface area contributed by atoms with Gasteiger partial charge in [-0.3, -0.25) is 9.59 Å². The lowest BCUT2D eigenvalue weighted by Gasteiger charge is -2.40. The number of carboxylic acid groups (broad SMARTS) is 1. The number of piperazine rings is 1. The molecule has 1 aromatic carbocycles. The SMILES string of the molecule is CC1CN(c2cc(F)c(C3=CCN(C(=O)O)C3)c(F)c2NC(=O)c2c[nH]c(=O)cc2C(F)(F)F)CCN1C. The highest BCUT2D eigenvalue weighted by Crippen LogP contribution is 2.39. The van der Waals surface area contributed by atoms with Crippen LogP contribution in [0.2, 0.25) is 0 Å². The Hall–Kier alpha value is -3.94. The summed E-state index contributed by atoms with van der Waals surface area (Å²) in [4.78, 5) is 42.4. The molecule has 38 heavy (non-hydrogen) atoms. The van der Waals surface area contributed by atoms with E-state index in [1.807, 2.05) is 23.9 Å². The van der Waals surface area contributed by atoms with E-state index in [1.165, 1.54) is 6.08 Å². The summed E-state index contributed by atoms with van der Waals surface area (Å²) in [6, 6.07) is 1.15. The van der Waals surface area contributed by atoms with E-state index in [1.54, 1.807) is 4.90 Å². The maximum atomic E-state index is 16.0. The predicted octanol–water partition coefficient (Wildman–Crippen LogP) is 3.44. The smallest absolute Gasteiger partial charge is 0.417 e. The standard InChI is InChI=1S/C24H24F5N5O4/c1-12-10-33(6-5-32(12)2)17-8-16(25)19(13-3-4-34(11-13)23(37)38)20(26)21(17)31-22(36)14-9-30-18(35)7-15(14)24(27,28)29/h3,7-9,12H,4-6,10-11H2,1-2H3,(H,30,35)(H,31,36)(H,37,38). The second-order valence-corrected chi connectivity index (χ2v) is 9.19. The van der Waals surface area contributed by atoms with Gasteiger partial charge in [-0.1, -0.05) is 6.08 Å². The van der Waals surface area contributed by atoms with E-state index < -0.39 is 57.7 Å². The summed E-state index contributed by atoms with van der Waals surface area (Å²) >= 11 is 0. The molecule has 2 amide bonds. The number of nitrogens with one attached hydrogen (secondary N) is 2. The topological polar surface area (TPSA) is 109 Å². The number of benzene rings is 1. The lowest BCUT2D eigenvalue weighted by atomic mass is 10.0. The first-order valence-corrected chi connectivity index (χ1v) is 11.5. The van der Waals surface area contributed by atoms with Gasteiger partial charge in [-0.15, -0.1) is 0 Å². The number of aromatic nitrogens is 1. The first kappa shape index (κ1) is 27.1. The zero-order valence-corrected chi connectivity index (χ0v) is 20.3. The number of hydrogen-bond donors (Lipinski definition) is 3. The van der Waals surface area contributed by atoms with E-state index in [0.29, 0.717) is 25.8 Å². The van der Waals surface area contributed by atoms with Gasteiger partial charge in [0, 0.05) is 57.1 Å². The molecule has 1 atom stereocenters. The number of aromatic amines is 1. The van der Waals surface area contributed by atoms with Gasteiger partial charge in [0.25, 0.3) is 5.91 Å². The first-order valence-electron chi connectivity index (χ1n) is 11.5. The number of pyridine rings is 1. The zero-order chi connectivity index (χ0) is 27.9. The fourth-order valence-corrected chi connectivity index (χ4v) is 4.49. The molecule has 3 N–H and O–H groups in total. The number of nitrogens with zero attached hydrogens (tertiary/aromatic N) is 3. The van der Waals surface area contributed by atoms with Crippen molar-refractivity contribution in [2.45, 2.75) is 19.1 Å². The summed E-state index contributed by atoms with van der Waals surface area (Å²) in [5.74, 6) is -3.64. The molecule has 4 rings (SSSR count). The average molecular weight is 541 g/mol. The molecule has 0 bridgehead atoms. The summed E-state index contributed by atoms with van der Waals surface area (Å²) in [5.41, 5.74) is -4.79. The Morgan fingerprint density at radius 2 is 1.89 bits per heavy atom. The maximum Gasteiger partial charge on any atom is 0.417 e. The van der Waals surface area contributed by atoms with Gasteiger partial charge in [0.1, 0.15) is 11.5 Å². The van der Waals surface area contributed by atoms with Crippen LogP contribution in [0, 0.1) is 11.6 Å². The number of hydrogen-bond acceptors (Lipinski definition) is 5. The summed E-state index contributed by atoms with van der Waals surface area (Å²) in [6.45, 7) is 2.57. The van der Waals surface area contributed by atoms with E-state index in [-0.39, 0.29) is 36.5 Å². The predicted molar refractivity (Wildman–Crippen MR) is 128 cm³/mol. The van der Waals surface area contributed by atoms with Crippen molar-refractivity contribution in [2.24, 2.45) is 0 Å². The number of amides is 2. The van der Waals surface area contributed by atoms with Crippen LogP contribution in [0.1, 0.15) is 28.4 Å². The Bertz CT molecular complexity index is 1370. The van der Waals surface area contributed by atoms with Gasteiger partial charge in [0.05, 0.1) is 22.4 Å². The van der Waals surface area contributed by atoms with Crippen LogP contribution in [-0.4, -0.2) is 77.7 Å². The van der Waals surface area contributed by atoms with Gasteiger partial charge in [0.15, 0.2) is 5.82 Å². The van der Waals surface area contributed by atoms with Crippen LogP contribution in [0.15, 0.2) is 29.2 Å². The summed E-state index contributed by atoms with van der Waals surface area (Å²) < 4.78 is 72.0. The molecule has 1 fully saturated rings. The summed E-state index contributed by atoms with van der Waals surface area (Å²) in [5, 5.41) is 11.4. The summed E-state index contributed by atoms with van der Waals surface area (Å²) in [6.07, 6.45) is -4.46. The Labute approximate surface area is 213 Å². The van der Waals surface area contributed by atoms with Crippen molar-refractivity contribution in [3.05, 3.63) is 63.1 Å². The summed E-state index contributed by atoms with van der Waals surface area (Å²) in [7, 11) is 1.87. The van der Waals surface area contributed by atoms with Gasteiger partial charge in [0.2, 0.25) is 5.56 Å². The fourth-order valence-electron chi connectivity index (χ4n) is 4.49. The quantitative estimate of drug-likeness (QED) is 0.512. The van der Waals surface area contributed by atoms with Crippen molar-refractivity contribution in [3.8, 4) is 0 Å². The normalized spacial score (nSPS) is 18.5. The van der Waals surface area contributed by atoms with Crippen LogP contribution in [0.4, 0.5) is 38.1 Å². The molecule has 14 heteroatoms. The molecule has 2 aliphatic rings. The fraction of sp³-hybridized carbons (Fsp3) is 0.375. The number of alkyl halides is 3. The number of anilines is 2. The van der Waals surface area contributed by atoms with Crippen molar-refractivity contribution in [1.82, 2.24) is 14.8 Å². The van der Waals surface area contributed by atoms with E-state index in [0.717, 1.165) is 11.0 Å². The number of rotatable bonds is 4. The van der Waals surface area contributed by atoms with Crippen molar-refractivity contribution >= 4 is 28.9 Å². The van der Waals surface area contributed by atoms with Gasteiger partial charge >= 0.3 is 12.3 Å². The van der Waals surface area contributed by atoms with Crippen LogP contribution in [-0.2, 0) is 6.18 Å². The third-order valence-corrected chi connectivity index (χ3v) is 6.72. The number of likely N-dealkylation sites (N-methyl/N-ethyl adjacent to an activating group) is 1. The van der Waals surface area contributed by atoms with Crippen LogP contribution >= 0.6 is 0 Å². The molecule has 204 valence electrons. The zero-order valence-electron chi connectivity index (χ0n) is 20.3. The monoisotopic (exact) mass is 541 g/mol. The molecular formula is C24H24F5N5O4. The first-order chi connectivity index (χ1) is 17.8. The van der Waals surface area contributed by atoms with Crippen molar-refractivity contribution in [3.63, 3.8) is 0 Å². The van der Waals surface area contributed by atoms with Crippen molar-refractivity contribution in [1.29, 1.82) is 0 Å². The molecule has 2 aromatic rings. The van der Waals surface area contributed by atoms with Gasteiger partial charge in [-0.2, -0.15) is 13.2 Å². The van der Waals surface area contributed by atoms with Crippen molar-refractivity contribution < 1.29 is 36.6 Å². The lowest BCUT2D eigenvalue weighted by Crippen LogP contribution is -2.50. The maximum absolute atomic E-state index is 16.0. The minimum absolute atomic E-state index is 0.0104. The van der Waals surface area contributed by atoms with E-state index in [4.69, 9.17) is 0 Å². The average Bonchev–Trinajstić information content (AvgIpc) is 3.32. The second-order valence-electron chi connectivity index (χ2n) is 9.19. The highest BCUT2D eigenvalue weighted by molar-refractivity contribution is 6.07. The van der Waals surface area contributed by atoms with Crippen LogP contribution in [0.5, 0.6) is 0 Å².